The van der Waals surface area contributed by atoms with Crippen molar-refractivity contribution in [3.63, 3.8) is 0 Å². The molecule has 2 heterocycles. The topological polar surface area (TPSA) is 79.5 Å². The fourth-order valence-electron chi connectivity index (χ4n) is 2.31. The maximum Gasteiger partial charge on any atom is 0.311 e. The maximum absolute atomic E-state index is 11.0. The molecule has 0 saturated carbocycles. The van der Waals surface area contributed by atoms with Crippen LogP contribution in [0.2, 0.25) is 0 Å². The van der Waals surface area contributed by atoms with Crippen molar-refractivity contribution in [3.8, 4) is 0 Å². The summed E-state index contributed by atoms with van der Waals surface area (Å²) in [5.74, 6) is 0. The van der Waals surface area contributed by atoms with Crippen molar-refractivity contribution in [2.24, 2.45) is 0 Å². The number of nitrogens with zero attached hydrogens (tertiary/aromatic N) is 3. The third kappa shape index (κ3) is 2.32. The van der Waals surface area contributed by atoms with Gasteiger partial charge in [0.05, 0.1) is 15.0 Å². The molecule has 6 nitrogen and oxygen atoms in total. The second kappa shape index (κ2) is 4.81. The molecule has 1 fully saturated rings. The lowest BCUT2D eigenvalue weighted by molar-refractivity contribution is -0.384. The van der Waals surface area contributed by atoms with E-state index in [0.717, 1.165) is 6.42 Å². The van der Waals surface area contributed by atoms with Crippen LogP contribution in [0.4, 0.5) is 11.4 Å². The monoisotopic (exact) mass is 315 g/mol. The van der Waals surface area contributed by atoms with E-state index in [2.05, 4.69) is 20.9 Å². The standard InChI is InChI=1S/C11H14BrN3O3/c1-2-3-11(16)6-14(7-11)10-8(12)4-13-5-9(10)15(17)18/h4-5,16H,2-3,6-7H2,1H3. The summed E-state index contributed by atoms with van der Waals surface area (Å²) in [6, 6.07) is 0. The Morgan fingerprint density at radius 2 is 2.28 bits per heavy atom. The van der Waals surface area contributed by atoms with Crippen molar-refractivity contribution in [1.29, 1.82) is 0 Å². The SMILES string of the molecule is CCCC1(O)CN(c2c(Br)cncc2[N+](=O)[O-])C1. The van der Waals surface area contributed by atoms with Gasteiger partial charge in [0.15, 0.2) is 0 Å². The summed E-state index contributed by atoms with van der Waals surface area (Å²) in [7, 11) is 0. The third-order valence-electron chi connectivity index (χ3n) is 3.05. The van der Waals surface area contributed by atoms with Crippen LogP contribution in [0.25, 0.3) is 0 Å². The van der Waals surface area contributed by atoms with Gasteiger partial charge in [0.2, 0.25) is 0 Å². The highest BCUT2D eigenvalue weighted by Gasteiger charge is 2.43. The second-order valence-electron chi connectivity index (χ2n) is 4.58. The zero-order chi connectivity index (χ0) is 13.3. The molecule has 1 aromatic heterocycles. The number of pyridine rings is 1. The molecule has 0 bridgehead atoms. The highest BCUT2D eigenvalue weighted by Crippen LogP contribution is 2.40. The second-order valence-corrected chi connectivity index (χ2v) is 5.43. The summed E-state index contributed by atoms with van der Waals surface area (Å²) in [6.07, 6.45) is 4.36. The van der Waals surface area contributed by atoms with E-state index in [1.54, 1.807) is 4.90 Å². The van der Waals surface area contributed by atoms with Crippen LogP contribution >= 0.6 is 15.9 Å². The number of halogens is 1. The van der Waals surface area contributed by atoms with Gasteiger partial charge in [-0.1, -0.05) is 13.3 Å². The average Bonchev–Trinajstić information content (AvgIpc) is 2.25. The van der Waals surface area contributed by atoms with Crippen molar-refractivity contribution < 1.29 is 10.0 Å². The Balaban J connectivity index is 2.23. The Hall–Kier alpha value is -1.21. The highest BCUT2D eigenvalue weighted by atomic mass is 79.9. The lowest BCUT2D eigenvalue weighted by Gasteiger charge is -2.47. The Morgan fingerprint density at radius 3 is 2.83 bits per heavy atom. The van der Waals surface area contributed by atoms with Gasteiger partial charge in [-0.2, -0.15) is 0 Å². The van der Waals surface area contributed by atoms with Crippen molar-refractivity contribution in [3.05, 3.63) is 27.0 Å². The fraction of sp³-hybridized carbons (Fsp3) is 0.545. The van der Waals surface area contributed by atoms with Crippen LogP contribution in [-0.2, 0) is 0 Å². The predicted molar refractivity (Wildman–Crippen MR) is 70.7 cm³/mol. The van der Waals surface area contributed by atoms with E-state index in [9.17, 15) is 15.2 Å². The van der Waals surface area contributed by atoms with Crippen LogP contribution in [-0.4, -0.2) is 33.7 Å². The van der Waals surface area contributed by atoms with Crippen molar-refractivity contribution >= 4 is 27.3 Å². The number of rotatable bonds is 4. The molecule has 18 heavy (non-hydrogen) atoms. The minimum absolute atomic E-state index is 0.0390. The number of anilines is 1. The molecular formula is C11H14BrN3O3. The van der Waals surface area contributed by atoms with Gasteiger partial charge in [0.1, 0.15) is 11.9 Å². The highest BCUT2D eigenvalue weighted by molar-refractivity contribution is 9.10. The fourth-order valence-corrected chi connectivity index (χ4v) is 2.88. The average molecular weight is 316 g/mol. The van der Waals surface area contributed by atoms with E-state index in [1.807, 2.05) is 6.92 Å². The smallest absolute Gasteiger partial charge is 0.311 e. The van der Waals surface area contributed by atoms with Gasteiger partial charge in [-0.3, -0.25) is 15.1 Å². The van der Waals surface area contributed by atoms with Gasteiger partial charge in [0, 0.05) is 19.3 Å². The van der Waals surface area contributed by atoms with Crippen molar-refractivity contribution in [1.82, 2.24) is 4.98 Å². The quantitative estimate of drug-likeness (QED) is 0.680. The summed E-state index contributed by atoms with van der Waals surface area (Å²) in [5, 5.41) is 21.1. The number of aromatic nitrogens is 1. The Kier molecular flexibility index (Phi) is 3.54. The first kappa shape index (κ1) is 13.2. The molecule has 0 aliphatic carbocycles. The van der Waals surface area contributed by atoms with E-state index < -0.39 is 10.5 Å². The molecule has 0 spiro atoms. The zero-order valence-corrected chi connectivity index (χ0v) is 11.6. The molecule has 0 unspecified atom stereocenters. The number of nitro groups is 1. The molecule has 1 aliphatic heterocycles. The van der Waals surface area contributed by atoms with Gasteiger partial charge in [-0.05, 0) is 22.4 Å². The summed E-state index contributed by atoms with van der Waals surface area (Å²) in [4.78, 5) is 16.1. The Morgan fingerprint density at radius 1 is 1.61 bits per heavy atom. The van der Waals surface area contributed by atoms with Gasteiger partial charge in [-0.15, -0.1) is 0 Å². The normalized spacial score (nSPS) is 17.4. The minimum atomic E-state index is -0.717. The van der Waals surface area contributed by atoms with Crippen LogP contribution in [0.15, 0.2) is 16.9 Å². The minimum Gasteiger partial charge on any atom is -0.386 e. The number of β-amino-alcohol motifs (C(OH)–C–C–N with tert-alkyl or cyclic N) is 1. The van der Waals surface area contributed by atoms with Gasteiger partial charge in [0.25, 0.3) is 0 Å². The molecule has 0 radical (unpaired) electrons. The lowest BCUT2D eigenvalue weighted by atomic mass is 9.89. The van der Waals surface area contributed by atoms with E-state index in [1.165, 1.54) is 12.4 Å². The zero-order valence-electron chi connectivity index (χ0n) is 9.97. The van der Waals surface area contributed by atoms with Crippen LogP contribution in [0.5, 0.6) is 0 Å². The first-order valence-electron chi connectivity index (χ1n) is 5.72. The van der Waals surface area contributed by atoms with E-state index in [4.69, 9.17) is 0 Å². The van der Waals surface area contributed by atoms with E-state index in [0.29, 0.717) is 29.7 Å². The summed E-state index contributed by atoms with van der Waals surface area (Å²) in [5.41, 5.74) is -0.260. The van der Waals surface area contributed by atoms with Gasteiger partial charge < -0.3 is 10.0 Å². The van der Waals surface area contributed by atoms with E-state index in [-0.39, 0.29) is 5.69 Å². The summed E-state index contributed by atoms with van der Waals surface area (Å²) in [6.45, 7) is 2.85. The lowest BCUT2D eigenvalue weighted by Crippen LogP contribution is -2.62. The first-order valence-corrected chi connectivity index (χ1v) is 6.51. The first-order chi connectivity index (χ1) is 8.47. The molecular weight excluding hydrogens is 302 g/mol. The maximum atomic E-state index is 11.0. The largest absolute Gasteiger partial charge is 0.386 e. The molecule has 2 rings (SSSR count). The molecule has 0 amide bonds. The van der Waals surface area contributed by atoms with Crippen molar-refractivity contribution in [2.45, 2.75) is 25.4 Å². The third-order valence-corrected chi connectivity index (χ3v) is 3.63. The molecule has 1 saturated heterocycles. The Bertz CT molecular complexity index is 475. The number of hydrogen-bond acceptors (Lipinski definition) is 5. The Labute approximate surface area is 113 Å². The van der Waals surface area contributed by atoms with Gasteiger partial charge >= 0.3 is 5.69 Å². The molecule has 0 atom stereocenters. The molecule has 1 aromatic rings. The summed E-state index contributed by atoms with van der Waals surface area (Å²) >= 11 is 3.28. The number of aliphatic hydroxyl groups is 1. The molecule has 1 N–H and O–H groups in total. The molecule has 7 heteroatoms. The summed E-state index contributed by atoms with van der Waals surface area (Å²) < 4.78 is 0.579. The van der Waals surface area contributed by atoms with Crippen LogP contribution in [0, 0.1) is 10.1 Å². The molecule has 0 aromatic carbocycles. The van der Waals surface area contributed by atoms with Crippen molar-refractivity contribution in [2.75, 3.05) is 18.0 Å². The van der Waals surface area contributed by atoms with Crippen LogP contribution in [0.1, 0.15) is 19.8 Å². The van der Waals surface area contributed by atoms with Crippen LogP contribution < -0.4 is 4.90 Å². The molecule has 1 aliphatic rings. The van der Waals surface area contributed by atoms with Gasteiger partial charge in [-0.25, -0.2) is 0 Å². The van der Waals surface area contributed by atoms with Crippen LogP contribution in [0.3, 0.4) is 0 Å². The van der Waals surface area contributed by atoms with E-state index >= 15 is 0 Å². The predicted octanol–water partition coefficient (Wildman–Crippen LogP) is 2.10. The molecule has 98 valence electrons. The number of hydrogen-bond donors (Lipinski definition) is 1.